The Kier molecular flexibility index (Phi) is 7.10. The van der Waals surface area contributed by atoms with E-state index in [0.717, 1.165) is 17.2 Å². The van der Waals surface area contributed by atoms with Crippen LogP contribution in [0, 0.1) is 0 Å². The lowest BCUT2D eigenvalue weighted by atomic mass is 10.1. The molecule has 4 rings (SSSR count). The van der Waals surface area contributed by atoms with Crippen molar-refractivity contribution in [2.24, 2.45) is 0 Å². The predicted molar refractivity (Wildman–Crippen MR) is 135 cm³/mol. The van der Waals surface area contributed by atoms with Gasteiger partial charge in [-0.1, -0.05) is 60.5 Å². The zero-order valence-corrected chi connectivity index (χ0v) is 20.5. The van der Waals surface area contributed by atoms with Gasteiger partial charge in [0.05, 0.1) is 5.69 Å². The SMILES string of the molecule is CCCNC(=O)[C@H](C)N(Cc1c(Cl)cccc1Cl)C(=O)CN1C(=O)c2cccc3cccc1c23. The van der Waals surface area contributed by atoms with Crippen molar-refractivity contribution in [3.8, 4) is 0 Å². The third kappa shape index (κ3) is 4.48. The third-order valence-corrected chi connectivity index (χ3v) is 6.76. The topological polar surface area (TPSA) is 69.7 Å². The average Bonchev–Trinajstić information content (AvgIpc) is 3.10. The van der Waals surface area contributed by atoms with Crippen LogP contribution in [0.5, 0.6) is 0 Å². The van der Waals surface area contributed by atoms with E-state index in [9.17, 15) is 14.4 Å². The van der Waals surface area contributed by atoms with E-state index in [1.807, 2.05) is 37.3 Å². The molecule has 8 heteroatoms. The Hall–Kier alpha value is -3.09. The number of rotatable bonds is 8. The molecule has 0 radical (unpaired) electrons. The van der Waals surface area contributed by atoms with Gasteiger partial charge in [0.25, 0.3) is 5.91 Å². The number of hydrogen-bond donors (Lipinski definition) is 1. The molecule has 0 saturated heterocycles. The summed E-state index contributed by atoms with van der Waals surface area (Å²) in [4.78, 5) is 42.5. The van der Waals surface area contributed by atoms with Gasteiger partial charge in [0.15, 0.2) is 0 Å². The predicted octanol–water partition coefficient (Wildman–Crippen LogP) is 5.05. The Labute approximate surface area is 208 Å². The number of halogens is 2. The molecule has 1 N–H and O–H groups in total. The lowest BCUT2D eigenvalue weighted by molar-refractivity contribution is -0.139. The summed E-state index contributed by atoms with van der Waals surface area (Å²) in [5, 5.41) is 5.41. The van der Waals surface area contributed by atoms with Crippen LogP contribution in [0.2, 0.25) is 10.0 Å². The monoisotopic (exact) mass is 497 g/mol. The van der Waals surface area contributed by atoms with Crippen molar-refractivity contribution in [3.63, 3.8) is 0 Å². The van der Waals surface area contributed by atoms with Crippen LogP contribution in [0.15, 0.2) is 54.6 Å². The molecule has 176 valence electrons. The van der Waals surface area contributed by atoms with Gasteiger partial charge in [0.2, 0.25) is 11.8 Å². The van der Waals surface area contributed by atoms with Crippen LogP contribution in [0.25, 0.3) is 10.8 Å². The lowest BCUT2D eigenvalue weighted by Gasteiger charge is -2.31. The zero-order chi connectivity index (χ0) is 24.4. The number of carbonyl (C=O) groups is 3. The highest BCUT2D eigenvalue weighted by Gasteiger charge is 2.34. The van der Waals surface area contributed by atoms with Crippen LogP contribution < -0.4 is 10.2 Å². The number of benzene rings is 3. The summed E-state index contributed by atoms with van der Waals surface area (Å²) in [6.45, 7) is 3.95. The van der Waals surface area contributed by atoms with Crippen molar-refractivity contribution < 1.29 is 14.4 Å². The largest absolute Gasteiger partial charge is 0.354 e. The molecule has 0 bridgehead atoms. The quantitative estimate of drug-likeness (QED) is 0.473. The van der Waals surface area contributed by atoms with E-state index in [-0.39, 0.29) is 30.8 Å². The minimum atomic E-state index is -0.790. The fraction of sp³-hybridized carbons (Fsp3) is 0.269. The Morgan fingerprint density at radius 1 is 1.03 bits per heavy atom. The number of hydrogen-bond acceptors (Lipinski definition) is 3. The van der Waals surface area contributed by atoms with Crippen molar-refractivity contribution in [3.05, 3.63) is 75.8 Å². The summed E-state index contributed by atoms with van der Waals surface area (Å²) in [5.41, 5.74) is 1.80. The first kappa shape index (κ1) is 24.0. The van der Waals surface area contributed by atoms with Gasteiger partial charge in [0, 0.05) is 39.6 Å². The van der Waals surface area contributed by atoms with Crippen molar-refractivity contribution in [2.75, 3.05) is 18.0 Å². The highest BCUT2D eigenvalue weighted by atomic mass is 35.5. The maximum absolute atomic E-state index is 13.6. The van der Waals surface area contributed by atoms with Crippen LogP contribution in [-0.4, -0.2) is 41.8 Å². The molecule has 1 aliphatic rings. The van der Waals surface area contributed by atoms with Gasteiger partial charge >= 0.3 is 0 Å². The summed E-state index contributed by atoms with van der Waals surface area (Å²) in [6.07, 6.45) is 0.771. The van der Waals surface area contributed by atoms with Gasteiger partial charge in [-0.3, -0.25) is 19.3 Å². The Balaban J connectivity index is 1.65. The summed E-state index contributed by atoms with van der Waals surface area (Å²) in [6, 6.07) is 15.5. The van der Waals surface area contributed by atoms with Crippen LogP contribution in [-0.2, 0) is 16.1 Å². The fourth-order valence-corrected chi connectivity index (χ4v) is 4.71. The smallest absolute Gasteiger partial charge is 0.259 e. The summed E-state index contributed by atoms with van der Waals surface area (Å²) >= 11 is 12.7. The lowest BCUT2D eigenvalue weighted by Crippen LogP contribution is -2.51. The summed E-state index contributed by atoms with van der Waals surface area (Å²) in [5.74, 6) is -0.899. The van der Waals surface area contributed by atoms with Crippen molar-refractivity contribution in [2.45, 2.75) is 32.9 Å². The molecule has 0 saturated carbocycles. The van der Waals surface area contributed by atoms with Crippen molar-refractivity contribution >= 4 is 57.4 Å². The Morgan fingerprint density at radius 3 is 2.35 bits per heavy atom. The molecule has 3 aromatic carbocycles. The second kappa shape index (κ2) is 10.0. The molecule has 1 aliphatic heterocycles. The minimum Gasteiger partial charge on any atom is -0.354 e. The third-order valence-electron chi connectivity index (χ3n) is 6.05. The Bertz CT molecular complexity index is 1250. The van der Waals surface area contributed by atoms with E-state index in [1.54, 1.807) is 31.2 Å². The molecule has 34 heavy (non-hydrogen) atoms. The maximum atomic E-state index is 13.6. The molecule has 1 heterocycles. The number of nitrogens with one attached hydrogen (secondary N) is 1. The van der Waals surface area contributed by atoms with E-state index < -0.39 is 6.04 Å². The van der Waals surface area contributed by atoms with Crippen LogP contribution in [0.1, 0.15) is 36.2 Å². The molecule has 0 aromatic heterocycles. The second-order valence-corrected chi connectivity index (χ2v) is 9.08. The molecule has 0 fully saturated rings. The normalized spacial score (nSPS) is 13.3. The highest BCUT2D eigenvalue weighted by molar-refractivity contribution is 6.36. The maximum Gasteiger partial charge on any atom is 0.259 e. The molecule has 3 aromatic rings. The molecule has 0 aliphatic carbocycles. The number of nitrogens with zero attached hydrogens (tertiary/aromatic N) is 2. The van der Waals surface area contributed by atoms with Crippen LogP contribution in [0.4, 0.5) is 5.69 Å². The first-order chi connectivity index (χ1) is 16.3. The van der Waals surface area contributed by atoms with E-state index in [4.69, 9.17) is 23.2 Å². The summed E-state index contributed by atoms with van der Waals surface area (Å²) in [7, 11) is 0. The number of carbonyl (C=O) groups excluding carboxylic acids is 3. The zero-order valence-electron chi connectivity index (χ0n) is 19.0. The highest BCUT2D eigenvalue weighted by Crippen LogP contribution is 2.37. The molecular formula is C26H25Cl2N3O3. The summed E-state index contributed by atoms with van der Waals surface area (Å²) < 4.78 is 0. The minimum absolute atomic E-state index is 0.0389. The van der Waals surface area contributed by atoms with Gasteiger partial charge in [0.1, 0.15) is 12.6 Å². The molecular weight excluding hydrogens is 473 g/mol. The molecule has 0 unspecified atom stereocenters. The van der Waals surface area contributed by atoms with Gasteiger partial charge in [-0.2, -0.15) is 0 Å². The van der Waals surface area contributed by atoms with Crippen molar-refractivity contribution in [1.82, 2.24) is 10.2 Å². The molecule has 1 atom stereocenters. The number of anilines is 1. The van der Waals surface area contributed by atoms with Crippen LogP contribution >= 0.6 is 23.2 Å². The van der Waals surface area contributed by atoms with Gasteiger partial charge in [-0.15, -0.1) is 0 Å². The standard InChI is InChI=1S/C26H25Cl2N3O3/c1-3-13-29-25(33)16(2)30(14-19-20(27)10-6-11-21(19)28)23(32)15-31-22-12-5-8-17-7-4-9-18(24(17)22)26(31)34/h4-12,16H,3,13-15H2,1-2H3,(H,29,33)/t16-/m0/s1. The van der Waals surface area contributed by atoms with E-state index >= 15 is 0 Å². The molecule has 0 spiro atoms. The molecule has 6 nitrogen and oxygen atoms in total. The van der Waals surface area contributed by atoms with E-state index in [1.165, 1.54) is 9.80 Å². The fourth-order valence-electron chi connectivity index (χ4n) is 4.19. The van der Waals surface area contributed by atoms with Gasteiger partial charge in [-0.05, 0) is 43.0 Å². The van der Waals surface area contributed by atoms with Crippen LogP contribution in [0.3, 0.4) is 0 Å². The van der Waals surface area contributed by atoms with Gasteiger partial charge < -0.3 is 10.2 Å². The van der Waals surface area contributed by atoms with E-state index in [2.05, 4.69) is 5.32 Å². The first-order valence-electron chi connectivity index (χ1n) is 11.2. The second-order valence-electron chi connectivity index (χ2n) is 8.26. The Morgan fingerprint density at radius 2 is 1.68 bits per heavy atom. The van der Waals surface area contributed by atoms with E-state index in [0.29, 0.717) is 33.4 Å². The van der Waals surface area contributed by atoms with Gasteiger partial charge in [-0.25, -0.2) is 0 Å². The average molecular weight is 498 g/mol. The first-order valence-corrected chi connectivity index (χ1v) is 11.9. The number of amides is 3. The molecule has 3 amide bonds. The van der Waals surface area contributed by atoms with Crippen molar-refractivity contribution in [1.29, 1.82) is 0 Å².